The van der Waals surface area contributed by atoms with Gasteiger partial charge in [-0.05, 0) is 29.7 Å². The summed E-state index contributed by atoms with van der Waals surface area (Å²) in [5, 5.41) is 19.2. The van der Waals surface area contributed by atoms with Gasteiger partial charge in [0.15, 0.2) is 0 Å². The van der Waals surface area contributed by atoms with Crippen molar-refractivity contribution in [3.63, 3.8) is 0 Å². The largest absolute Gasteiger partial charge is 0.508 e. The summed E-state index contributed by atoms with van der Waals surface area (Å²) < 4.78 is 0. The van der Waals surface area contributed by atoms with Gasteiger partial charge in [0.05, 0.1) is 0 Å². The minimum Gasteiger partial charge on any atom is -0.508 e. The molecule has 0 aliphatic carbocycles. The van der Waals surface area contributed by atoms with E-state index >= 15 is 0 Å². The molecule has 0 aromatic heterocycles. The third-order valence-corrected chi connectivity index (χ3v) is 3.50. The molecule has 0 amide bonds. The lowest BCUT2D eigenvalue weighted by Crippen LogP contribution is -2.44. The van der Waals surface area contributed by atoms with Crippen molar-refractivity contribution in [1.29, 1.82) is 0 Å². The third kappa shape index (κ3) is 2.65. The highest BCUT2D eigenvalue weighted by molar-refractivity contribution is 5.82. The molecule has 2 aromatic rings. The Balaban J connectivity index is 2.45. The molecule has 0 saturated heterocycles. The van der Waals surface area contributed by atoms with Gasteiger partial charge in [0.25, 0.3) is 0 Å². The molecule has 104 valence electrons. The zero-order valence-corrected chi connectivity index (χ0v) is 11.0. The lowest BCUT2D eigenvalue weighted by atomic mass is 9.75. The molecule has 0 saturated carbocycles. The Hall–Kier alpha value is -2.33. The fourth-order valence-corrected chi connectivity index (χ4v) is 2.35. The second-order valence-electron chi connectivity index (χ2n) is 4.80. The Morgan fingerprint density at radius 2 is 1.80 bits per heavy atom. The average Bonchev–Trinajstić information content (AvgIpc) is 2.45. The van der Waals surface area contributed by atoms with Gasteiger partial charge in [-0.3, -0.25) is 4.79 Å². The van der Waals surface area contributed by atoms with Crippen LogP contribution in [0.5, 0.6) is 5.75 Å². The number of aliphatic carboxylic acids is 1. The van der Waals surface area contributed by atoms with Crippen LogP contribution in [-0.4, -0.2) is 22.7 Å². The quantitative estimate of drug-likeness (QED) is 0.775. The molecule has 1 unspecified atom stereocenters. The highest BCUT2D eigenvalue weighted by Crippen LogP contribution is 2.29. The topological polar surface area (TPSA) is 83.5 Å². The fourth-order valence-electron chi connectivity index (χ4n) is 2.35. The second-order valence-corrected chi connectivity index (χ2v) is 4.80. The van der Waals surface area contributed by atoms with Crippen molar-refractivity contribution in [2.75, 3.05) is 6.54 Å². The van der Waals surface area contributed by atoms with E-state index in [9.17, 15) is 15.0 Å². The Kier molecular flexibility index (Phi) is 4.05. The molecule has 0 heterocycles. The van der Waals surface area contributed by atoms with E-state index in [4.69, 9.17) is 5.73 Å². The number of carboxylic acid groups (broad SMARTS) is 1. The average molecular weight is 271 g/mol. The van der Waals surface area contributed by atoms with Crippen molar-refractivity contribution in [2.45, 2.75) is 11.8 Å². The van der Waals surface area contributed by atoms with E-state index in [0.29, 0.717) is 5.56 Å². The molecular weight excluding hydrogens is 254 g/mol. The van der Waals surface area contributed by atoms with Crippen LogP contribution in [0, 0.1) is 0 Å². The number of hydrogen-bond acceptors (Lipinski definition) is 3. The fraction of sp³-hybridized carbons (Fsp3) is 0.188. The maximum atomic E-state index is 11.8. The van der Waals surface area contributed by atoms with Crippen molar-refractivity contribution < 1.29 is 15.0 Å². The molecule has 0 bridgehead atoms. The van der Waals surface area contributed by atoms with Crippen LogP contribution in [0.25, 0.3) is 0 Å². The molecule has 2 aromatic carbocycles. The van der Waals surface area contributed by atoms with E-state index < -0.39 is 11.4 Å². The van der Waals surface area contributed by atoms with E-state index in [1.54, 1.807) is 48.5 Å². The molecule has 0 fully saturated rings. The molecule has 4 nitrogen and oxygen atoms in total. The van der Waals surface area contributed by atoms with Gasteiger partial charge in [-0.25, -0.2) is 0 Å². The number of rotatable bonds is 5. The van der Waals surface area contributed by atoms with Crippen molar-refractivity contribution in [1.82, 2.24) is 0 Å². The Morgan fingerprint density at radius 1 is 1.10 bits per heavy atom. The van der Waals surface area contributed by atoms with Crippen LogP contribution in [-0.2, 0) is 16.6 Å². The van der Waals surface area contributed by atoms with Crippen LogP contribution in [0.15, 0.2) is 54.6 Å². The van der Waals surface area contributed by atoms with Crippen LogP contribution < -0.4 is 5.73 Å². The molecule has 20 heavy (non-hydrogen) atoms. The summed E-state index contributed by atoms with van der Waals surface area (Å²) >= 11 is 0. The lowest BCUT2D eigenvalue weighted by Gasteiger charge is -2.28. The van der Waals surface area contributed by atoms with E-state index in [1.807, 2.05) is 6.07 Å². The first-order valence-electron chi connectivity index (χ1n) is 6.35. The standard InChI is InChI=1S/C16H17NO3/c17-11-16(15(19)20,13-6-2-1-3-7-13)10-12-5-4-8-14(18)9-12/h1-9,18H,10-11,17H2,(H,19,20). The van der Waals surface area contributed by atoms with Gasteiger partial charge in [0.2, 0.25) is 0 Å². The zero-order chi connectivity index (χ0) is 14.6. The SMILES string of the molecule is NCC(Cc1cccc(O)c1)(C(=O)O)c1ccccc1. The highest BCUT2D eigenvalue weighted by atomic mass is 16.4. The van der Waals surface area contributed by atoms with E-state index in [1.165, 1.54) is 0 Å². The van der Waals surface area contributed by atoms with Crippen LogP contribution in [0.1, 0.15) is 11.1 Å². The number of phenols is 1. The molecule has 4 N–H and O–H groups in total. The van der Waals surface area contributed by atoms with E-state index in [-0.39, 0.29) is 18.7 Å². The number of phenolic OH excluding ortho intramolecular Hbond substituents is 1. The zero-order valence-electron chi connectivity index (χ0n) is 11.0. The van der Waals surface area contributed by atoms with Gasteiger partial charge < -0.3 is 15.9 Å². The predicted octanol–water partition coefficient (Wildman–Crippen LogP) is 1.92. The van der Waals surface area contributed by atoms with Crippen molar-refractivity contribution in [3.8, 4) is 5.75 Å². The van der Waals surface area contributed by atoms with Crippen LogP contribution >= 0.6 is 0 Å². The molecule has 2 rings (SSSR count). The summed E-state index contributed by atoms with van der Waals surface area (Å²) in [6.45, 7) is -0.0119. The first-order valence-corrected chi connectivity index (χ1v) is 6.35. The number of carboxylic acids is 1. The monoisotopic (exact) mass is 271 g/mol. The molecule has 0 aliphatic rings. The molecule has 4 heteroatoms. The van der Waals surface area contributed by atoms with Gasteiger partial charge in [-0.15, -0.1) is 0 Å². The normalized spacial score (nSPS) is 13.7. The van der Waals surface area contributed by atoms with Gasteiger partial charge >= 0.3 is 5.97 Å². The minimum absolute atomic E-state index is 0.0119. The third-order valence-electron chi connectivity index (χ3n) is 3.50. The van der Waals surface area contributed by atoms with Gasteiger partial charge in [0, 0.05) is 6.54 Å². The molecule has 0 aliphatic heterocycles. The second kappa shape index (κ2) is 5.75. The molecule has 0 radical (unpaired) electrons. The smallest absolute Gasteiger partial charge is 0.315 e. The van der Waals surface area contributed by atoms with Crippen LogP contribution in [0.4, 0.5) is 0 Å². The van der Waals surface area contributed by atoms with Gasteiger partial charge in [-0.1, -0.05) is 42.5 Å². The first-order chi connectivity index (χ1) is 9.58. The Bertz CT molecular complexity index is 598. The first kappa shape index (κ1) is 14.1. The van der Waals surface area contributed by atoms with Gasteiger partial charge in [0.1, 0.15) is 11.2 Å². The molecule has 1 atom stereocenters. The van der Waals surface area contributed by atoms with Crippen LogP contribution in [0.3, 0.4) is 0 Å². The van der Waals surface area contributed by atoms with Crippen molar-refractivity contribution in [3.05, 3.63) is 65.7 Å². The number of hydrogen-bond donors (Lipinski definition) is 3. The number of aromatic hydroxyl groups is 1. The van der Waals surface area contributed by atoms with Crippen LogP contribution in [0.2, 0.25) is 0 Å². The van der Waals surface area contributed by atoms with Crippen molar-refractivity contribution >= 4 is 5.97 Å². The van der Waals surface area contributed by atoms with E-state index in [2.05, 4.69) is 0 Å². The number of nitrogens with two attached hydrogens (primary N) is 1. The Morgan fingerprint density at radius 3 is 2.35 bits per heavy atom. The summed E-state index contributed by atoms with van der Waals surface area (Å²) in [6.07, 6.45) is 0.233. The Labute approximate surface area is 117 Å². The maximum Gasteiger partial charge on any atom is 0.315 e. The maximum absolute atomic E-state index is 11.8. The number of benzene rings is 2. The predicted molar refractivity (Wildman–Crippen MR) is 76.6 cm³/mol. The minimum atomic E-state index is -1.19. The summed E-state index contributed by atoms with van der Waals surface area (Å²) in [5.74, 6) is -0.846. The lowest BCUT2D eigenvalue weighted by molar-refractivity contribution is -0.143. The number of carbonyl (C=O) groups is 1. The summed E-state index contributed by atoms with van der Waals surface area (Å²) in [5.41, 5.74) is 6.00. The van der Waals surface area contributed by atoms with Gasteiger partial charge in [-0.2, -0.15) is 0 Å². The summed E-state index contributed by atoms with van der Waals surface area (Å²) in [4.78, 5) is 11.8. The molecule has 0 spiro atoms. The summed E-state index contributed by atoms with van der Waals surface area (Å²) in [7, 11) is 0. The summed E-state index contributed by atoms with van der Waals surface area (Å²) in [6, 6.07) is 15.6. The van der Waals surface area contributed by atoms with E-state index in [0.717, 1.165) is 5.56 Å². The van der Waals surface area contributed by atoms with Crippen molar-refractivity contribution in [2.24, 2.45) is 5.73 Å². The highest BCUT2D eigenvalue weighted by Gasteiger charge is 2.39. The molecular formula is C16H17NO3.